The predicted octanol–water partition coefficient (Wildman–Crippen LogP) is 2.32. The van der Waals surface area contributed by atoms with Crippen LogP contribution < -0.4 is 15.0 Å². The highest BCUT2D eigenvalue weighted by Crippen LogP contribution is 2.30. The van der Waals surface area contributed by atoms with Crippen molar-refractivity contribution in [3.05, 3.63) is 64.2 Å². The fraction of sp³-hybridized carbons (Fsp3) is 0.348. The maximum atomic E-state index is 13.2. The number of carbonyl (C=O) groups is 1. The highest BCUT2D eigenvalue weighted by Gasteiger charge is 2.26. The van der Waals surface area contributed by atoms with Crippen molar-refractivity contribution >= 4 is 16.8 Å². The first kappa shape index (κ1) is 20.9. The standard InChI is InChI=1S/C23H25N3O5/c1-15-24-18-12-20(30-3)19(29-2)11-17(18)23(28)26(15)14-22(27)25-9-10-31-21(13-25)16-7-5-4-6-8-16/h4-8,11-12,21H,9-10,13-14H2,1-3H3. The third-order valence-corrected chi connectivity index (χ3v) is 5.53. The number of hydrogen-bond acceptors (Lipinski definition) is 6. The van der Waals surface area contributed by atoms with Crippen LogP contribution in [0.3, 0.4) is 0 Å². The first-order valence-corrected chi connectivity index (χ1v) is 10.1. The summed E-state index contributed by atoms with van der Waals surface area (Å²) in [7, 11) is 3.04. The van der Waals surface area contributed by atoms with E-state index in [9.17, 15) is 9.59 Å². The summed E-state index contributed by atoms with van der Waals surface area (Å²) in [5, 5.41) is 0.375. The molecule has 0 aliphatic carbocycles. The lowest BCUT2D eigenvalue weighted by molar-refractivity contribution is -0.139. The molecule has 1 unspecified atom stereocenters. The van der Waals surface area contributed by atoms with Crippen molar-refractivity contribution < 1.29 is 19.0 Å². The van der Waals surface area contributed by atoms with Crippen molar-refractivity contribution in [1.29, 1.82) is 0 Å². The number of amides is 1. The van der Waals surface area contributed by atoms with Gasteiger partial charge in [-0.15, -0.1) is 0 Å². The lowest BCUT2D eigenvalue weighted by atomic mass is 10.1. The van der Waals surface area contributed by atoms with E-state index in [1.165, 1.54) is 18.8 Å². The fourth-order valence-electron chi connectivity index (χ4n) is 3.83. The van der Waals surface area contributed by atoms with E-state index in [4.69, 9.17) is 14.2 Å². The summed E-state index contributed by atoms with van der Waals surface area (Å²) >= 11 is 0. The van der Waals surface area contributed by atoms with Crippen LogP contribution in [0.5, 0.6) is 11.5 Å². The summed E-state index contributed by atoms with van der Waals surface area (Å²) in [6.07, 6.45) is -0.178. The summed E-state index contributed by atoms with van der Waals surface area (Å²) < 4.78 is 17.9. The van der Waals surface area contributed by atoms with Gasteiger partial charge in [0, 0.05) is 12.6 Å². The minimum Gasteiger partial charge on any atom is -0.493 e. The van der Waals surface area contributed by atoms with Gasteiger partial charge in [-0.2, -0.15) is 0 Å². The van der Waals surface area contributed by atoms with Gasteiger partial charge >= 0.3 is 0 Å². The van der Waals surface area contributed by atoms with E-state index in [0.717, 1.165) is 5.56 Å². The van der Waals surface area contributed by atoms with Gasteiger partial charge < -0.3 is 19.1 Å². The van der Waals surface area contributed by atoms with Gasteiger partial charge in [0.15, 0.2) is 11.5 Å². The van der Waals surface area contributed by atoms with Gasteiger partial charge in [0.25, 0.3) is 5.56 Å². The van der Waals surface area contributed by atoms with E-state index in [2.05, 4.69) is 4.98 Å². The molecule has 1 aromatic heterocycles. The van der Waals surface area contributed by atoms with Gasteiger partial charge in [-0.3, -0.25) is 14.2 Å². The van der Waals surface area contributed by atoms with Crippen molar-refractivity contribution in [3.8, 4) is 11.5 Å². The molecule has 3 aromatic rings. The van der Waals surface area contributed by atoms with Crippen molar-refractivity contribution in [1.82, 2.24) is 14.5 Å². The number of nitrogens with zero attached hydrogens (tertiary/aromatic N) is 3. The molecule has 4 rings (SSSR count). The first-order chi connectivity index (χ1) is 15.0. The normalized spacial score (nSPS) is 16.4. The van der Waals surface area contributed by atoms with Crippen LogP contribution in [0.15, 0.2) is 47.3 Å². The lowest BCUT2D eigenvalue weighted by Gasteiger charge is -2.33. The Morgan fingerprint density at radius 3 is 2.58 bits per heavy atom. The molecule has 1 aliphatic heterocycles. The van der Waals surface area contributed by atoms with Crippen LogP contribution in [-0.2, 0) is 16.1 Å². The second-order valence-electron chi connectivity index (χ2n) is 7.38. The summed E-state index contributed by atoms with van der Waals surface area (Å²) in [5.41, 5.74) is 1.24. The van der Waals surface area contributed by atoms with E-state index in [0.29, 0.717) is 47.9 Å². The molecule has 1 atom stereocenters. The molecule has 2 aromatic carbocycles. The molecule has 1 saturated heterocycles. The van der Waals surface area contributed by atoms with Crippen LogP contribution in [0, 0.1) is 6.92 Å². The number of morpholine rings is 1. The van der Waals surface area contributed by atoms with Crippen LogP contribution in [-0.4, -0.2) is 54.3 Å². The molecular formula is C23H25N3O5. The molecule has 8 nitrogen and oxygen atoms in total. The topological polar surface area (TPSA) is 82.9 Å². The van der Waals surface area contributed by atoms with Crippen LogP contribution in [0.25, 0.3) is 10.9 Å². The monoisotopic (exact) mass is 423 g/mol. The van der Waals surface area contributed by atoms with Crippen LogP contribution >= 0.6 is 0 Å². The smallest absolute Gasteiger partial charge is 0.262 e. The Bertz CT molecular complexity index is 1160. The average Bonchev–Trinajstić information content (AvgIpc) is 2.81. The number of hydrogen-bond donors (Lipinski definition) is 0. The molecule has 162 valence electrons. The van der Waals surface area contributed by atoms with E-state index >= 15 is 0 Å². The SMILES string of the molecule is COc1cc2nc(C)n(CC(=O)N3CCOC(c4ccccc4)C3)c(=O)c2cc1OC. The van der Waals surface area contributed by atoms with Crippen molar-refractivity contribution in [3.63, 3.8) is 0 Å². The van der Waals surface area contributed by atoms with Crippen molar-refractivity contribution in [2.75, 3.05) is 33.9 Å². The molecule has 1 amide bonds. The minimum absolute atomic E-state index is 0.0799. The Labute approximate surface area is 180 Å². The Kier molecular flexibility index (Phi) is 5.90. The van der Waals surface area contributed by atoms with Crippen LogP contribution in [0.1, 0.15) is 17.5 Å². The molecular weight excluding hydrogens is 398 g/mol. The second-order valence-corrected chi connectivity index (χ2v) is 7.38. The molecule has 1 aliphatic rings. The minimum atomic E-state index is -0.287. The molecule has 0 spiro atoms. The number of ether oxygens (including phenoxy) is 3. The average molecular weight is 423 g/mol. The quantitative estimate of drug-likeness (QED) is 0.626. The van der Waals surface area contributed by atoms with E-state index < -0.39 is 0 Å². The highest BCUT2D eigenvalue weighted by molar-refractivity contribution is 5.82. The third-order valence-electron chi connectivity index (χ3n) is 5.53. The van der Waals surface area contributed by atoms with E-state index in [1.807, 2.05) is 30.3 Å². The predicted molar refractivity (Wildman–Crippen MR) is 116 cm³/mol. The van der Waals surface area contributed by atoms with Gasteiger partial charge in [0.2, 0.25) is 5.91 Å². The number of benzene rings is 2. The van der Waals surface area contributed by atoms with Gasteiger partial charge in [0.1, 0.15) is 18.5 Å². The Balaban J connectivity index is 1.60. The molecule has 0 bridgehead atoms. The first-order valence-electron chi connectivity index (χ1n) is 10.1. The van der Waals surface area contributed by atoms with Crippen LogP contribution in [0.2, 0.25) is 0 Å². The zero-order valence-electron chi connectivity index (χ0n) is 17.8. The maximum Gasteiger partial charge on any atom is 0.262 e. The fourth-order valence-corrected chi connectivity index (χ4v) is 3.83. The number of aromatic nitrogens is 2. The summed E-state index contributed by atoms with van der Waals surface area (Å²) in [5.74, 6) is 1.26. The largest absolute Gasteiger partial charge is 0.493 e. The summed E-state index contributed by atoms with van der Waals surface area (Å²) in [6.45, 7) is 3.02. The number of aryl methyl sites for hydroxylation is 1. The third kappa shape index (κ3) is 4.11. The number of fused-ring (bicyclic) bond motifs is 1. The molecule has 0 saturated carbocycles. The van der Waals surface area contributed by atoms with Gasteiger partial charge in [-0.1, -0.05) is 30.3 Å². The molecule has 2 heterocycles. The van der Waals surface area contributed by atoms with Gasteiger partial charge in [-0.25, -0.2) is 4.98 Å². The van der Waals surface area contributed by atoms with E-state index in [-0.39, 0.29) is 24.1 Å². The summed E-state index contributed by atoms with van der Waals surface area (Å²) in [6, 6.07) is 13.1. The zero-order chi connectivity index (χ0) is 22.0. The number of rotatable bonds is 5. The molecule has 0 N–H and O–H groups in total. The molecule has 0 radical (unpaired) electrons. The van der Waals surface area contributed by atoms with E-state index in [1.54, 1.807) is 24.0 Å². The van der Waals surface area contributed by atoms with Crippen LogP contribution in [0.4, 0.5) is 0 Å². The Morgan fingerprint density at radius 1 is 1.16 bits per heavy atom. The second kappa shape index (κ2) is 8.77. The molecule has 1 fully saturated rings. The molecule has 31 heavy (non-hydrogen) atoms. The number of methoxy groups -OCH3 is 2. The number of carbonyl (C=O) groups excluding carboxylic acids is 1. The highest BCUT2D eigenvalue weighted by atomic mass is 16.5. The maximum absolute atomic E-state index is 13.2. The zero-order valence-corrected chi connectivity index (χ0v) is 17.8. The van der Waals surface area contributed by atoms with Gasteiger partial charge in [-0.05, 0) is 18.6 Å². The summed E-state index contributed by atoms with van der Waals surface area (Å²) in [4.78, 5) is 32.5. The Hall–Kier alpha value is -3.39. The van der Waals surface area contributed by atoms with Crippen molar-refractivity contribution in [2.24, 2.45) is 0 Å². The van der Waals surface area contributed by atoms with Gasteiger partial charge in [0.05, 0.1) is 38.3 Å². The Morgan fingerprint density at radius 2 is 1.87 bits per heavy atom. The lowest BCUT2D eigenvalue weighted by Crippen LogP contribution is -2.45. The molecule has 8 heteroatoms. The van der Waals surface area contributed by atoms with Crippen molar-refractivity contribution in [2.45, 2.75) is 19.6 Å².